The maximum Gasteiger partial charge on any atom is 0.165 e. The normalized spacial score (nSPS) is 10.1. The van der Waals surface area contributed by atoms with E-state index < -0.39 is 0 Å². The van der Waals surface area contributed by atoms with Crippen molar-refractivity contribution in [2.24, 2.45) is 5.73 Å². The van der Waals surface area contributed by atoms with Crippen molar-refractivity contribution in [3.63, 3.8) is 0 Å². The lowest BCUT2D eigenvalue weighted by atomic mass is 10.1. The van der Waals surface area contributed by atoms with E-state index in [1.807, 2.05) is 25.8 Å². The highest BCUT2D eigenvalue weighted by Crippen LogP contribution is 2.19. The SMILES string of the molecule is Cc1ccc(C)c(N(C)CC(=O)CN)c1. The molecule has 0 aromatic heterocycles. The summed E-state index contributed by atoms with van der Waals surface area (Å²) in [6.07, 6.45) is 0. The van der Waals surface area contributed by atoms with E-state index in [1.54, 1.807) is 0 Å². The maximum atomic E-state index is 11.2. The van der Waals surface area contributed by atoms with Gasteiger partial charge in [-0.2, -0.15) is 0 Å². The molecule has 0 aliphatic heterocycles. The number of aryl methyl sites for hydroxylation is 2. The third-order valence-corrected chi connectivity index (χ3v) is 2.42. The van der Waals surface area contributed by atoms with E-state index in [9.17, 15) is 4.79 Å². The molecule has 1 aromatic rings. The fourth-order valence-electron chi connectivity index (χ4n) is 1.54. The molecule has 0 aliphatic carbocycles. The Bertz CT molecular complexity index is 361. The van der Waals surface area contributed by atoms with Gasteiger partial charge in [-0.25, -0.2) is 0 Å². The molecule has 0 saturated heterocycles. The molecule has 3 heteroatoms. The second-order valence-corrected chi connectivity index (χ2v) is 3.89. The van der Waals surface area contributed by atoms with Crippen LogP contribution in [-0.4, -0.2) is 25.9 Å². The minimum Gasteiger partial charge on any atom is -0.367 e. The molecule has 82 valence electrons. The van der Waals surface area contributed by atoms with E-state index in [0.29, 0.717) is 6.54 Å². The van der Waals surface area contributed by atoms with E-state index in [-0.39, 0.29) is 12.3 Å². The Morgan fingerprint density at radius 2 is 2.07 bits per heavy atom. The lowest BCUT2D eigenvalue weighted by Crippen LogP contribution is -2.30. The van der Waals surface area contributed by atoms with Gasteiger partial charge in [0, 0.05) is 12.7 Å². The van der Waals surface area contributed by atoms with Gasteiger partial charge in [-0.1, -0.05) is 12.1 Å². The van der Waals surface area contributed by atoms with E-state index in [2.05, 4.69) is 18.2 Å². The minimum atomic E-state index is 0.0541. The molecule has 0 atom stereocenters. The Kier molecular flexibility index (Phi) is 3.86. The van der Waals surface area contributed by atoms with Crippen LogP contribution in [0.2, 0.25) is 0 Å². The van der Waals surface area contributed by atoms with Crippen molar-refractivity contribution in [1.82, 2.24) is 0 Å². The van der Waals surface area contributed by atoms with Crippen molar-refractivity contribution < 1.29 is 4.79 Å². The van der Waals surface area contributed by atoms with Crippen molar-refractivity contribution >= 4 is 11.5 Å². The molecular formula is C12H18N2O. The van der Waals surface area contributed by atoms with Crippen LogP contribution in [-0.2, 0) is 4.79 Å². The average Bonchev–Trinajstić information content (AvgIpc) is 2.21. The van der Waals surface area contributed by atoms with Gasteiger partial charge in [0.1, 0.15) is 0 Å². The molecular weight excluding hydrogens is 188 g/mol. The number of nitrogens with zero attached hydrogens (tertiary/aromatic N) is 1. The Morgan fingerprint density at radius 1 is 1.40 bits per heavy atom. The van der Waals surface area contributed by atoms with Gasteiger partial charge in [0.2, 0.25) is 0 Å². The fourth-order valence-corrected chi connectivity index (χ4v) is 1.54. The first-order valence-corrected chi connectivity index (χ1v) is 5.04. The zero-order valence-electron chi connectivity index (χ0n) is 9.58. The molecule has 0 bridgehead atoms. The lowest BCUT2D eigenvalue weighted by molar-refractivity contribution is -0.116. The molecule has 0 amide bonds. The summed E-state index contributed by atoms with van der Waals surface area (Å²) >= 11 is 0. The number of rotatable bonds is 4. The summed E-state index contributed by atoms with van der Waals surface area (Å²) in [6.45, 7) is 4.57. The van der Waals surface area contributed by atoms with Crippen molar-refractivity contribution in [3.05, 3.63) is 29.3 Å². The first kappa shape index (κ1) is 11.7. The molecule has 0 fully saturated rings. The van der Waals surface area contributed by atoms with Crippen molar-refractivity contribution in [2.45, 2.75) is 13.8 Å². The Morgan fingerprint density at radius 3 is 2.67 bits per heavy atom. The molecule has 1 rings (SSSR count). The minimum absolute atomic E-state index is 0.0541. The topological polar surface area (TPSA) is 46.3 Å². The van der Waals surface area contributed by atoms with Gasteiger partial charge < -0.3 is 10.6 Å². The summed E-state index contributed by atoms with van der Waals surface area (Å²) in [6, 6.07) is 6.21. The van der Waals surface area contributed by atoms with Crippen LogP contribution >= 0.6 is 0 Å². The van der Waals surface area contributed by atoms with Gasteiger partial charge in [0.15, 0.2) is 5.78 Å². The number of Topliss-reactive ketones (excluding diaryl/α,β-unsaturated/α-hetero) is 1. The largest absolute Gasteiger partial charge is 0.367 e. The standard InChI is InChI=1S/C12H18N2O/c1-9-4-5-10(2)12(6-9)14(3)8-11(15)7-13/h4-6H,7-8,13H2,1-3H3. The number of nitrogens with two attached hydrogens (primary N) is 1. The van der Waals surface area contributed by atoms with Crippen molar-refractivity contribution in [3.8, 4) is 0 Å². The zero-order valence-corrected chi connectivity index (χ0v) is 9.58. The van der Waals surface area contributed by atoms with Gasteiger partial charge in [-0.15, -0.1) is 0 Å². The maximum absolute atomic E-state index is 11.2. The molecule has 3 nitrogen and oxygen atoms in total. The fraction of sp³-hybridized carbons (Fsp3) is 0.417. The number of likely N-dealkylation sites (N-methyl/N-ethyl adjacent to an activating group) is 1. The zero-order chi connectivity index (χ0) is 11.4. The smallest absolute Gasteiger partial charge is 0.165 e. The third-order valence-electron chi connectivity index (χ3n) is 2.42. The summed E-state index contributed by atoms with van der Waals surface area (Å²) < 4.78 is 0. The van der Waals surface area contributed by atoms with Crippen LogP contribution < -0.4 is 10.6 Å². The van der Waals surface area contributed by atoms with Crippen LogP contribution in [0, 0.1) is 13.8 Å². The van der Waals surface area contributed by atoms with E-state index in [4.69, 9.17) is 5.73 Å². The lowest BCUT2D eigenvalue weighted by Gasteiger charge is -2.20. The highest BCUT2D eigenvalue weighted by Gasteiger charge is 2.08. The Hall–Kier alpha value is -1.35. The van der Waals surface area contributed by atoms with Crippen molar-refractivity contribution in [1.29, 1.82) is 0 Å². The molecule has 0 spiro atoms. The molecule has 0 saturated carbocycles. The molecule has 0 unspecified atom stereocenters. The third kappa shape index (κ3) is 3.06. The van der Waals surface area contributed by atoms with Crippen LogP contribution in [0.1, 0.15) is 11.1 Å². The van der Waals surface area contributed by atoms with E-state index in [0.717, 1.165) is 5.69 Å². The highest BCUT2D eigenvalue weighted by atomic mass is 16.1. The number of carbonyl (C=O) groups excluding carboxylic acids is 1. The molecule has 15 heavy (non-hydrogen) atoms. The predicted octanol–water partition coefficient (Wildman–Crippen LogP) is 1.27. The van der Waals surface area contributed by atoms with Gasteiger partial charge in [-0.3, -0.25) is 4.79 Å². The molecule has 0 radical (unpaired) electrons. The van der Waals surface area contributed by atoms with Crippen LogP contribution in [0.4, 0.5) is 5.69 Å². The van der Waals surface area contributed by atoms with Gasteiger partial charge in [0.25, 0.3) is 0 Å². The number of ketones is 1. The summed E-state index contributed by atoms with van der Waals surface area (Å²) in [5, 5.41) is 0. The van der Waals surface area contributed by atoms with Gasteiger partial charge in [0.05, 0.1) is 13.1 Å². The second-order valence-electron chi connectivity index (χ2n) is 3.89. The van der Waals surface area contributed by atoms with Crippen LogP contribution in [0.25, 0.3) is 0 Å². The molecule has 1 aromatic carbocycles. The number of carbonyl (C=O) groups is 1. The number of anilines is 1. The number of hydrogen-bond acceptors (Lipinski definition) is 3. The molecule has 0 aliphatic rings. The van der Waals surface area contributed by atoms with E-state index in [1.165, 1.54) is 11.1 Å². The number of benzene rings is 1. The van der Waals surface area contributed by atoms with E-state index >= 15 is 0 Å². The summed E-state index contributed by atoms with van der Waals surface area (Å²) in [5.41, 5.74) is 8.76. The molecule has 0 heterocycles. The highest BCUT2D eigenvalue weighted by molar-refractivity contribution is 5.85. The van der Waals surface area contributed by atoms with Crippen molar-refractivity contribution in [2.75, 3.05) is 25.0 Å². The first-order chi connectivity index (χ1) is 7.04. The predicted molar refractivity (Wildman–Crippen MR) is 63.2 cm³/mol. The monoisotopic (exact) mass is 206 g/mol. The second kappa shape index (κ2) is 4.94. The van der Waals surface area contributed by atoms with Gasteiger partial charge in [-0.05, 0) is 31.0 Å². The van der Waals surface area contributed by atoms with Crippen LogP contribution in [0.15, 0.2) is 18.2 Å². The Balaban J connectivity index is 2.85. The average molecular weight is 206 g/mol. The summed E-state index contributed by atoms with van der Waals surface area (Å²) in [4.78, 5) is 13.2. The molecule has 2 N–H and O–H groups in total. The Labute approximate surface area is 90.9 Å². The summed E-state index contributed by atoms with van der Waals surface area (Å²) in [7, 11) is 1.91. The first-order valence-electron chi connectivity index (χ1n) is 5.04. The quantitative estimate of drug-likeness (QED) is 0.807. The van der Waals surface area contributed by atoms with Gasteiger partial charge >= 0.3 is 0 Å². The summed E-state index contributed by atoms with van der Waals surface area (Å²) in [5.74, 6) is 0.0541. The van der Waals surface area contributed by atoms with Crippen LogP contribution in [0.5, 0.6) is 0 Å². The number of hydrogen-bond donors (Lipinski definition) is 1. The van der Waals surface area contributed by atoms with Crippen LogP contribution in [0.3, 0.4) is 0 Å².